The van der Waals surface area contributed by atoms with Crippen LogP contribution in [0.2, 0.25) is 0 Å². The summed E-state index contributed by atoms with van der Waals surface area (Å²) in [4.78, 5) is 4.96. The average Bonchev–Trinajstić information content (AvgIpc) is 2.53. The van der Waals surface area contributed by atoms with E-state index >= 15 is 0 Å². The summed E-state index contributed by atoms with van der Waals surface area (Å²) in [6, 6.07) is 6.52. The molecular weight excluding hydrogens is 294 g/mol. The number of phenols is 1. The largest absolute Gasteiger partial charge is 0.508 e. The zero-order valence-corrected chi connectivity index (χ0v) is 11.7. The van der Waals surface area contributed by atoms with Crippen molar-refractivity contribution in [3.05, 3.63) is 29.8 Å². The van der Waals surface area contributed by atoms with Crippen molar-refractivity contribution in [2.24, 2.45) is 5.16 Å². The molecule has 1 unspecified atom stereocenters. The van der Waals surface area contributed by atoms with Crippen molar-refractivity contribution in [3.8, 4) is 5.75 Å². The molecule has 0 spiro atoms. The number of hydrogen-bond acceptors (Lipinski definition) is 8. The molecule has 22 heavy (non-hydrogen) atoms. The van der Waals surface area contributed by atoms with Crippen LogP contribution in [0.3, 0.4) is 0 Å². The molecular formula is C14H19NO7. The van der Waals surface area contributed by atoms with Crippen LogP contribution in [0.5, 0.6) is 5.75 Å². The lowest BCUT2D eigenvalue weighted by Crippen LogP contribution is -2.58. The molecule has 0 aromatic heterocycles. The minimum atomic E-state index is -1.50. The van der Waals surface area contributed by atoms with Gasteiger partial charge in [0, 0.05) is 12.6 Å². The first kappa shape index (κ1) is 16.7. The maximum Gasteiger partial charge on any atom is 0.256 e. The van der Waals surface area contributed by atoms with E-state index < -0.39 is 37.3 Å². The average molecular weight is 313 g/mol. The summed E-state index contributed by atoms with van der Waals surface area (Å²) in [6.07, 6.45) is -4.87. The summed E-state index contributed by atoms with van der Waals surface area (Å²) in [5, 5.41) is 50.7. The lowest BCUT2D eigenvalue weighted by Gasteiger charge is -2.38. The molecule has 8 nitrogen and oxygen atoms in total. The molecule has 122 valence electrons. The highest BCUT2D eigenvalue weighted by Crippen LogP contribution is 2.22. The van der Waals surface area contributed by atoms with E-state index in [1.807, 2.05) is 0 Å². The smallest absolute Gasteiger partial charge is 0.256 e. The molecule has 2 rings (SSSR count). The molecule has 1 aliphatic heterocycles. The molecule has 0 aliphatic carbocycles. The number of aliphatic hydroxyl groups is 4. The van der Waals surface area contributed by atoms with E-state index in [-0.39, 0.29) is 5.75 Å². The fourth-order valence-corrected chi connectivity index (χ4v) is 2.03. The lowest BCUT2D eigenvalue weighted by molar-refractivity contribution is -0.301. The predicted octanol–water partition coefficient (Wildman–Crippen LogP) is -1.26. The van der Waals surface area contributed by atoms with Crippen LogP contribution < -0.4 is 0 Å². The van der Waals surface area contributed by atoms with Crippen molar-refractivity contribution in [3.63, 3.8) is 0 Å². The second kappa shape index (κ2) is 7.52. The van der Waals surface area contributed by atoms with Gasteiger partial charge in [0.2, 0.25) is 0 Å². The number of oxime groups is 1. The van der Waals surface area contributed by atoms with Crippen molar-refractivity contribution in [1.82, 2.24) is 0 Å². The minimum absolute atomic E-state index is 0.165. The number of ether oxygens (including phenoxy) is 1. The molecule has 5 atom stereocenters. The maximum absolute atomic E-state index is 9.72. The van der Waals surface area contributed by atoms with Crippen molar-refractivity contribution < 1.29 is 35.1 Å². The van der Waals surface area contributed by atoms with Gasteiger partial charge >= 0.3 is 0 Å². The summed E-state index contributed by atoms with van der Waals surface area (Å²) in [5.74, 6) is 0.165. The van der Waals surface area contributed by atoms with E-state index in [0.29, 0.717) is 6.42 Å². The van der Waals surface area contributed by atoms with Crippen LogP contribution in [0.25, 0.3) is 0 Å². The molecule has 1 saturated heterocycles. The van der Waals surface area contributed by atoms with Gasteiger partial charge in [-0.25, -0.2) is 0 Å². The third-order valence-electron chi connectivity index (χ3n) is 3.35. The molecule has 5 N–H and O–H groups in total. The van der Waals surface area contributed by atoms with Crippen LogP contribution in [-0.2, 0) is 16.0 Å². The van der Waals surface area contributed by atoms with Crippen LogP contribution in [0.15, 0.2) is 29.4 Å². The third-order valence-corrected chi connectivity index (χ3v) is 3.35. The summed E-state index contributed by atoms with van der Waals surface area (Å²) >= 11 is 0. The highest BCUT2D eigenvalue weighted by Gasteiger charge is 2.44. The normalized spacial score (nSPS) is 32.3. The number of phenolic OH excluding ortho intramolecular Hbond substituents is 1. The van der Waals surface area contributed by atoms with Gasteiger partial charge in [-0.15, -0.1) is 0 Å². The van der Waals surface area contributed by atoms with Gasteiger partial charge < -0.3 is 35.1 Å². The third kappa shape index (κ3) is 3.93. The molecule has 8 heteroatoms. The van der Waals surface area contributed by atoms with E-state index in [0.717, 1.165) is 5.56 Å². The van der Waals surface area contributed by atoms with E-state index in [9.17, 15) is 15.3 Å². The fraction of sp³-hybridized carbons (Fsp3) is 0.500. The maximum atomic E-state index is 9.72. The van der Waals surface area contributed by atoms with Gasteiger partial charge in [0.1, 0.15) is 30.2 Å². The molecule has 1 heterocycles. The molecule has 0 bridgehead atoms. The zero-order valence-electron chi connectivity index (χ0n) is 11.7. The second-order valence-electron chi connectivity index (χ2n) is 4.96. The van der Waals surface area contributed by atoms with Crippen molar-refractivity contribution in [2.75, 3.05) is 6.61 Å². The Morgan fingerprint density at radius 3 is 2.41 bits per heavy atom. The number of hydrogen-bond donors (Lipinski definition) is 5. The Morgan fingerprint density at radius 1 is 1.09 bits per heavy atom. The fourth-order valence-electron chi connectivity index (χ4n) is 2.03. The highest BCUT2D eigenvalue weighted by molar-refractivity contribution is 5.60. The van der Waals surface area contributed by atoms with Crippen LogP contribution in [0.1, 0.15) is 5.56 Å². The SMILES string of the molecule is OC[C@H]1OC(ON=CCc2ccc(O)cc2)[C@H](O)[C@@H](O)[C@@H]1O. The van der Waals surface area contributed by atoms with Gasteiger partial charge in [-0.3, -0.25) is 0 Å². The molecule has 0 amide bonds. The first-order chi connectivity index (χ1) is 10.5. The van der Waals surface area contributed by atoms with E-state index in [2.05, 4.69) is 5.16 Å². The van der Waals surface area contributed by atoms with E-state index in [1.165, 1.54) is 6.21 Å². The molecule has 0 radical (unpaired) electrons. The quantitative estimate of drug-likeness (QED) is 0.338. The topological polar surface area (TPSA) is 132 Å². The van der Waals surface area contributed by atoms with E-state index in [1.54, 1.807) is 24.3 Å². The van der Waals surface area contributed by atoms with Gasteiger partial charge in [0.25, 0.3) is 6.29 Å². The van der Waals surface area contributed by atoms with Crippen molar-refractivity contribution in [2.45, 2.75) is 37.1 Å². The molecule has 1 aromatic carbocycles. The number of aliphatic hydroxyl groups excluding tert-OH is 4. The van der Waals surface area contributed by atoms with Crippen LogP contribution >= 0.6 is 0 Å². The Hall–Kier alpha value is -1.71. The zero-order chi connectivity index (χ0) is 16.1. The number of nitrogens with zero attached hydrogens (tertiary/aromatic N) is 1. The van der Waals surface area contributed by atoms with Crippen LogP contribution in [-0.4, -0.2) is 69.1 Å². The monoisotopic (exact) mass is 313 g/mol. The van der Waals surface area contributed by atoms with Crippen LogP contribution in [0.4, 0.5) is 0 Å². The summed E-state index contributed by atoms with van der Waals surface area (Å²) in [6.45, 7) is -0.526. The highest BCUT2D eigenvalue weighted by atomic mass is 16.8. The number of aromatic hydroxyl groups is 1. The van der Waals surface area contributed by atoms with Crippen LogP contribution in [0, 0.1) is 0 Å². The Balaban J connectivity index is 1.87. The summed E-state index contributed by atoms with van der Waals surface area (Å²) in [7, 11) is 0. The second-order valence-corrected chi connectivity index (χ2v) is 4.96. The molecule has 1 fully saturated rings. The van der Waals surface area contributed by atoms with Gasteiger partial charge in [-0.2, -0.15) is 0 Å². The Kier molecular flexibility index (Phi) is 5.69. The van der Waals surface area contributed by atoms with Crippen molar-refractivity contribution in [1.29, 1.82) is 0 Å². The van der Waals surface area contributed by atoms with Gasteiger partial charge in [-0.1, -0.05) is 17.3 Å². The Morgan fingerprint density at radius 2 is 1.77 bits per heavy atom. The van der Waals surface area contributed by atoms with Gasteiger partial charge in [-0.05, 0) is 17.7 Å². The minimum Gasteiger partial charge on any atom is -0.508 e. The van der Waals surface area contributed by atoms with Crippen molar-refractivity contribution >= 4 is 6.21 Å². The van der Waals surface area contributed by atoms with E-state index in [4.69, 9.17) is 19.8 Å². The standard InChI is InChI=1S/C14H19NO7/c16-7-10-11(18)12(19)13(20)14(21-10)22-15-6-5-8-1-3-9(17)4-2-8/h1-4,6,10-14,16-20H,5,7H2/t10-,11-,12+,13-,14?/m1/s1. The summed E-state index contributed by atoms with van der Waals surface area (Å²) in [5.41, 5.74) is 0.888. The molecule has 1 aromatic rings. The first-order valence-corrected chi connectivity index (χ1v) is 6.79. The molecule has 0 saturated carbocycles. The Bertz CT molecular complexity index is 490. The van der Waals surface area contributed by atoms with Gasteiger partial charge in [0.15, 0.2) is 0 Å². The summed E-state index contributed by atoms with van der Waals surface area (Å²) < 4.78 is 5.12. The number of rotatable bonds is 5. The Labute approximate surface area is 126 Å². The van der Waals surface area contributed by atoms with Gasteiger partial charge in [0.05, 0.1) is 6.61 Å². The number of benzene rings is 1. The predicted molar refractivity (Wildman–Crippen MR) is 75.2 cm³/mol. The molecule has 1 aliphatic rings. The lowest BCUT2D eigenvalue weighted by atomic mass is 9.99. The first-order valence-electron chi connectivity index (χ1n) is 6.79.